The Hall–Kier alpha value is -2.40. The van der Waals surface area contributed by atoms with E-state index in [1.165, 1.54) is 12.3 Å². The van der Waals surface area contributed by atoms with Gasteiger partial charge < -0.3 is 10.6 Å². The van der Waals surface area contributed by atoms with Gasteiger partial charge in [-0.05, 0) is 50.2 Å². The number of carbonyl (C=O) groups is 2. The van der Waals surface area contributed by atoms with E-state index in [-0.39, 0.29) is 23.6 Å². The van der Waals surface area contributed by atoms with E-state index < -0.39 is 0 Å². The van der Waals surface area contributed by atoms with Gasteiger partial charge in [-0.3, -0.25) is 14.6 Å². The molecule has 2 amide bonds. The lowest BCUT2D eigenvalue weighted by atomic mass is 10.2. The van der Waals surface area contributed by atoms with Crippen LogP contribution in [0.1, 0.15) is 34.7 Å². The number of nitrogens with zero attached hydrogens (tertiary/aromatic N) is 1. The van der Waals surface area contributed by atoms with Gasteiger partial charge in [0.25, 0.3) is 11.8 Å². The summed E-state index contributed by atoms with van der Waals surface area (Å²) in [6, 6.07) is 9.78. The molecule has 1 aromatic heterocycles. The average Bonchev–Trinajstić information content (AvgIpc) is 2.49. The smallest absolute Gasteiger partial charge is 0.274 e. The normalized spacial score (nSPS) is 10.4. The van der Waals surface area contributed by atoms with Crippen molar-refractivity contribution in [2.75, 3.05) is 5.32 Å². The van der Waals surface area contributed by atoms with Crippen LogP contribution in [0.2, 0.25) is 5.02 Å². The van der Waals surface area contributed by atoms with Crippen LogP contribution in [0.5, 0.6) is 0 Å². The summed E-state index contributed by atoms with van der Waals surface area (Å²) in [7, 11) is 0. The Kier molecular flexibility index (Phi) is 5.12. The molecule has 1 aromatic carbocycles. The van der Waals surface area contributed by atoms with Crippen LogP contribution in [0.4, 0.5) is 5.69 Å². The highest BCUT2D eigenvalue weighted by molar-refractivity contribution is 6.30. The van der Waals surface area contributed by atoms with Gasteiger partial charge in [-0.25, -0.2) is 0 Å². The van der Waals surface area contributed by atoms with Gasteiger partial charge >= 0.3 is 0 Å². The highest BCUT2D eigenvalue weighted by Gasteiger charge is 2.12. The molecule has 0 atom stereocenters. The maximum atomic E-state index is 12.2. The van der Waals surface area contributed by atoms with Crippen LogP contribution >= 0.6 is 11.6 Å². The summed E-state index contributed by atoms with van der Waals surface area (Å²) in [5, 5.41) is 6.06. The lowest BCUT2D eigenvalue weighted by molar-refractivity contribution is 0.0943. The third-order valence-corrected chi connectivity index (χ3v) is 3.03. The summed E-state index contributed by atoms with van der Waals surface area (Å²) in [6.07, 6.45) is 1.44. The van der Waals surface area contributed by atoms with Crippen molar-refractivity contribution in [2.45, 2.75) is 19.9 Å². The molecule has 22 heavy (non-hydrogen) atoms. The maximum Gasteiger partial charge on any atom is 0.274 e. The number of halogens is 1. The fourth-order valence-corrected chi connectivity index (χ4v) is 1.90. The van der Waals surface area contributed by atoms with Crippen molar-refractivity contribution in [3.8, 4) is 0 Å². The molecule has 0 saturated carbocycles. The first-order valence-corrected chi connectivity index (χ1v) is 7.17. The Morgan fingerprint density at radius 3 is 2.41 bits per heavy atom. The number of carbonyl (C=O) groups excluding carboxylic acids is 2. The fraction of sp³-hybridized carbons (Fsp3) is 0.188. The number of nitrogens with one attached hydrogen (secondary N) is 2. The Labute approximate surface area is 133 Å². The zero-order chi connectivity index (χ0) is 16.1. The predicted octanol–water partition coefficient (Wildman–Crippen LogP) is 3.13. The Bertz CT molecular complexity index is 684. The van der Waals surface area contributed by atoms with Crippen LogP contribution in [-0.2, 0) is 0 Å². The molecule has 0 bridgehead atoms. The summed E-state index contributed by atoms with van der Waals surface area (Å²) >= 11 is 5.79. The number of hydrogen-bond acceptors (Lipinski definition) is 3. The number of rotatable bonds is 4. The maximum absolute atomic E-state index is 12.2. The number of benzene rings is 1. The lowest BCUT2D eigenvalue weighted by Crippen LogP contribution is -2.30. The van der Waals surface area contributed by atoms with Crippen LogP contribution in [0.25, 0.3) is 0 Å². The Morgan fingerprint density at radius 1 is 1.09 bits per heavy atom. The van der Waals surface area contributed by atoms with Gasteiger partial charge in [-0.2, -0.15) is 0 Å². The van der Waals surface area contributed by atoms with Crippen LogP contribution in [0.15, 0.2) is 42.6 Å². The minimum absolute atomic E-state index is 0.0204. The monoisotopic (exact) mass is 317 g/mol. The van der Waals surface area contributed by atoms with E-state index in [4.69, 9.17) is 11.6 Å². The first kappa shape index (κ1) is 16.0. The molecule has 0 fully saturated rings. The van der Waals surface area contributed by atoms with Gasteiger partial charge in [0, 0.05) is 28.5 Å². The molecular formula is C16H16ClN3O2. The number of aromatic nitrogens is 1. The van der Waals surface area contributed by atoms with E-state index in [1.54, 1.807) is 30.3 Å². The van der Waals surface area contributed by atoms with Gasteiger partial charge in [-0.15, -0.1) is 0 Å². The third kappa shape index (κ3) is 4.30. The molecule has 1 heterocycles. The van der Waals surface area contributed by atoms with E-state index in [0.29, 0.717) is 16.3 Å². The largest absolute Gasteiger partial charge is 0.350 e. The van der Waals surface area contributed by atoms with Gasteiger partial charge in [0.05, 0.1) is 0 Å². The second-order valence-electron chi connectivity index (χ2n) is 5.02. The van der Waals surface area contributed by atoms with Crippen LogP contribution in [-0.4, -0.2) is 22.8 Å². The summed E-state index contributed by atoms with van der Waals surface area (Å²) in [5.41, 5.74) is 1.17. The van der Waals surface area contributed by atoms with Crippen molar-refractivity contribution in [2.24, 2.45) is 0 Å². The van der Waals surface area contributed by atoms with Crippen molar-refractivity contribution in [3.05, 3.63) is 58.9 Å². The van der Waals surface area contributed by atoms with Crippen molar-refractivity contribution in [1.29, 1.82) is 0 Å². The van der Waals surface area contributed by atoms with E-state index in [2.05, 4.69) is 15.6 Å². The number of anilines is 1. The van der Waals surface area contributed by atoms with Gasteiger partial charge in [0.15, 0.2) is 0 Å². The molecular weight excluding hydrogens is 302 g/mol. The topological polar surface area (TPSA) is 71.1 Å². The van der Waals surface area contributed by atoms with Crippen LogP contribution < -0.4 is 10.6 Å². The van der Waals surface area contributed by atoms with Gasteiger partial charge in [0.2, 0.25) is 0 Å². The molecule has 2 aromatic rings. The number of hydrogen-bond donors (Lipinski definition) is 2. The second kappa shape index (κ2) is 7.04. The number of amides is 2. The van der Waals surface area contributed by atoms with Crippen molar-refractivity contribution in [3.63, 3.8) is 0 Å². The fourth-order valence-electron chi connectivity index (χ4n) is 1.77. The Morgan fingerprint density at radius 2 is 1.77 bits per heavy atom. The molecule has 0 radical (unpaired) electrons. The van der Waals surface area contributed by atoms with E-state index in [1.807, 2.05) is 13.8 Å². The molecule has 114 valence electrons. The van der Waals surface area contributed by atoms with Crippen molar-refractivity contribution in [1.82, 2.24) is 10.3 Å². The quantitative estimate of drug-likeness (QED) is 0.910. The Balaban J connectivity index is 2.13. The summed E-state index contributed by atoms with van der Waals surface area (Å²) in [5.74, 6) is -0.625. The molecule has 5 nitrogen and oxygen atoms in total. The minimum Gasteiger partial charge on any atom is -0.350 e. The van der Waals surface area contributed by atoms with Gasteiger partial charge in [-0.1, -0.05) is 11.6 Å². The highest BCUT2D eigenvalue weighted by atomic mass is 35.5. The molecule has 0 aliphatic carbocycles. The van der Waals surface area contributed by atoms with Crippen LogP contribution in [0.3, 0.4) is 0 Å². The first-order chi connectivity index (χ1) is 10.5. The zero-order valence-electron chi connectivity index (χ0n) is 12.3. The second-order valence-corrected chi connectivity index (χ2v) is 5.46. The summed E-state index contributed by atoms with van der Waals surface area (Å²) in [4.78, 5) is 28.1. The molecule has 2 N–H and O–H groups in total. The SMILES string of the molecule is CC(C)NC(=O)c1ccnc(C(=O)Nc2ccc(Cl)cc2)c1. The molecule has 0 spiro atoms. The molecule has 6 heteroatoms. The molecule has 0 unspecified atom stereocenters. The van der Waals surface area contributed by atoms with Gasteiger partial charge in [0.1, 0.15) is 5.69 Å². The first-order valence-electron chi connectivity index (χ1n) is 6.79. The summed E-state index contributed by atoms with van der Waals surface area (Å²) < 4.78 is 0. The highest BCUT2D eigenvalue weighted by Crippen LogP contribution is 2.14. The van der Waals surface area contributed by atoms with E-state index >= 15 is 0 Å². The van der Waals surface area contributed by atoms with Crippen molar-refractivity contribution < 1.29 is 9.59 Å². The molecule has 0 aliphatic rings. The predicted molar refractivity (Wildman–Crippen MR) is 86.2 cm³/mol. The lowest BCUT2D eigenvalue weighted by Gasteiger charge is -2.09. The van der Waals surface area contributed by atoms with Crippen LogP contribution in [0, 0.1) is 0 Å². The zero-order valence-corrected chi connectivity index (χ0v) is 13.0. The number of pyridine rings is 1. The van der Waals surface area contributed by atoms with E-state index in [9.17, 15) is 9.59 Å². The summed E-state index contributed by atoms with van der Waals surface area (Å²) in [6.45, 7) is 3.74. The average molecular weight is 318 g/mol. The molecule has 2 rings (SSSR count). The molecule has 0 saturated heterocycles. The minimum atomic E-state index is -0.387. The standard InChI is InChI=1S/C16H16ClN3O2/c1-10(2)19-15(21)11-7-8-18-14(9-11)16(22)20-13-5-3-12(17)4-6-13/h3-10H,1-2H3,(H,19,21)(H,20,22). The molecule has 0 aliphatic heterocycles. The van der Waals surface area contributed by atoms with Crippen molar-refractivity contribution >= 4 is 29.1 Å². The van der Waals surface area contributed by atoms with E-state index in [0.717, 1.165) is 0 Å². The third-order valence-electron chi connectivity index (χ3n) is 2.78.